The van der Waals surface area contributed by atoms with E-state index in [2.05, 4.69) is 58.5 Å². The standard InChI is InChI=1S/C69H124N14O23/c1-3-4-23-49(48(2)87)77-59(91)31-33-75-64(97)53(43-84)82-66(99)51(27-29-56(71)88)80-65(98)50(24-21-22-32-70)79-69(102)55(45-86)83-67(100)52(28-30-57(72)89)81-68(101)54(44-85)78-60(92)42-76-62(94)47-106-41-39-104-37-35-74-61(93)46-105-40-38-103-36-34-73-58(90)25-19-17-15-13-11-9-7-5-6-8-10-12-14-16-18-20-26-63(95)96/h49-55,84-86H,3-47,70H2,1-2H3,(H2,71,88)(H2,72,89)(H,73,90)(H,74,93)(H,75,97)(H,76,94)(H,77,91)(H,78,92)(H,79,102)(H,80,98)(H,81,101)(H,82,99)(H,83,100)(H,95,96)/t49-,50+,51-,52-,53-,54+,55-/m0/s1. The molecule has 0 aliphatic rings. The van der Waals surface area contributed by atoms with Crippen molar-refractivity contribution in [3.8, 4) is 0 Å². The van der Waals surface area contributed by atoms with Gasteiger partial charge in [0.05, 0.1) is 72.0 Å². The first-order valence-electron chi connectivity index (χ1n) is 37.1. The third-order valence-electron chi connectivity index (χ3n) is 16.3. The summed E-state index contributed by atoms with van der Waals surface area (Å²) in [5.74, 6) is -12.1. The van der Waals surface area contributed by atoms with E-state index in [0.717, 1.165) is 44.9 Å². The van der Waals surface area contributed by atoms with Crippen LogP contribution in [0.1, 0.15) is 200 Å². The van der Waals surface area contributed by atoms with E-state index < -0.39 is 172 Å². The molecule has 0 bridgehead atoms. The summed E-state index contributed by atoms with van der Waals surface area (Å²) in [5.41, 5.74) is 16.3. The van der Waals surface area contributed by atoms with Crippen molar-refractivity contribution in [2.24, 2.45) is 17.2 Å². The van der Waals surface area contributed by atoms with E-state index in [1.807, 2.05) is 6.92 Å². The summed E-state index contributed by atoms with van der Waals surface area (Å²) in [5, 5.41) is 65.3. The number of carboxylic acid groups (broad SMARTS) is 1. The summed E-state index contributed by atoms with van der Waals surface area (Å²) in [4.78, 5) is 189. The third-order valence-corrected chi connectivity index (χ3v) is 16.3. The predicted molar refractivity (Wildman–Crippen MR) is 385 cm³/mol. The molecule has 13 amide bonds. The molecule has 0 fully saturated rings. The smallest absolute Gasteiger partial charge is 0.303 e. The number of hydrogen-bond acceptors (Lipinski definition) is 23. The molecule has 7 atom stereocenters. The SMILES string of the molecule is CCCC[C@H](NC(=O)CCNC(=O)[C@H](CO)NC(=O)[C@H](CCC(N)=O)NC(=O)[C@@H](CCCCN)NC(=O)[C@H](CO)NC(=O)[C@H](CCC(N)=O)NC(=O)[C@@H](CO)NC(=O)CNC(=O)COCCOCCNC(=O)COCCOCCNC(=O)CCCCCCCCCCCCCCCCCCC(=O)O)C(C)=O. The lowest BCUT2D eigenvalue weighted by Gasteiger charge is -2.27. The monoisotopic (exact) mass is 1520 g/mol. The number of amides is 13. The number of aliphatic carboxylic acids is 1. The maximum Gasteiger partial charge on any atom is 0.303 e. The van der Waals surface area contributed by atoms with Crippen molar-refractivity contribution in [1.82, 2.24) is 58.5 Å². The molecular weight excluding hydrogens is 1390 g/mol. The first-order chi connectivity index (χ1) is 50.8. The number of carbonyl (C=O) groups is 15. The Labute approximate surface area is 621 Å². The van der Waals surface area contributed by atoms with Crippen LogP contribution < -0.4 is 75.7 Å². The summed E-state index contributed by atoms with van der Waals surface area (Å²) in [6.45, 7) is -0.165. The van der Waals surface area contributed by atoms with Gasteiger partial charge in [0.2, 0.25) is 76.8 Å². The van der Waals surface area contributed by atoms with E-state index in [4.69, 9.17) is 41.3 Å². The van der Waals surface area contributed by atoms with E-state index in [-0.39, 0.29) is 103 Å². The van der Waals surface area contributed by atoms with Crippen molar-refractivity contribution in [2.75, 3.05) is 105 Å². The molecule has 21 N–H and O–H groups in total. The molecule has 0 aliphatic carbocycles. The Morgan fingerprint density at radius 3 is 1.12 bits per heavy atom. The van der Waals surface area contributed by atoms with E-state index >= 15 is 0 Å². The Balaban J connectivity index is 4.88. The van der Waals surface area contributed by atoms with Gasteiger partial charge in [0, 0.05) is 51.7 Å². The van der Waals surface area contributed by atoms with E-state index in [1.54, 1.807) is 0 Å². The number of primary amides is 2. The second kappa shape index (κ2) is 64.1. The Morgan fingerprint density at radius 1 is 0.330 bits per heavy atom. The van der Waals surface area contributed by atoms with Crippen molar-refractivity contribution < 1.29 is 111 Å². The Kier molecular flexibility index (Phi) is 59.3. The van der Waals surface area contributed by atoms with Crippen LogP contribution >= 0.6 is 0 Å². The maximum absolute atomic E-state index is 13.9. The van der Waals surface area contributed by atoms with Crippen molar-refractivity contribution in [3.63, 3.8) is 0 Å². The van der Waals surface area contributed by atoms with Crippen LogP contribution in [0.2, 0.25) is 0 Å². The highest BCUT2D eigenvalue weighted by molar-refractivity contribution is 5.98. The topological polar surface area (TPSA) is 584 Å². The molecule has 0 aromatic rings. The average Bonchev–Trinajstić information content (AvgIpc) is 0.864. The molecular formula is C69H124N14O23. The number of nitrogens with two attached hydrogens (primary N) is 3. The summed E-state index contributed by atoms with van der Waals surface area (Å²) in [7, 11) is 0. The van der Waals surface area contributed by atoms with E-state index in [1.165, 1.54) is 71.1 Å². The first-order valence-corrected chi connectivity index (χ1v) is 37.1. The summed E-state index contributed by atoms with van der Waals surface area (Å²) < 4.78 is 21.4. The number of aliphatic hydroxyl groups excluding tert-OH is 3. The zero-order valence-corrected chi connectivity index (χ0v) is 62.1. The number of hydrogen-bond donors (Lipinski definition) is 18. The fourth-order valence-electron chi connectivity index (χ4n) is 10.2. The van der Waals surface area contributed by atoms with Crippen LogP contribution in [0.3, 0.4) is 0 Å². The molecule has 0 spiro atoms. The second-order valence-electron chi connectivity index (χ2n) is 25.5. The number of aliphatic hydroxyl groups is 3. The average molecular weight is 1520 g/mol. The lowest BCUT2D eigenvalue weighted by molar-refractivity contribution is -0.137. The highest BCUT2D eigenvalue weighted by Crippen LogP contribution is 2.15. The molecule has 0 radical (unpaired) electrons. The van der Waals surface area contributed by atoms with Gasteiger partial charge in [-0.15, -0.1) is 0 Å². The van der Waals surface area contributed by atoms with Crippen molar-refractivity contribution in [2.45, 2.75) is 242 Å². The largest absolute Gasteiger partial charge is 0.481 e. The molecule has 0 rings (SSSR count). The van der Waals surface area contributed by atoms with Crippen molar-refractivity contribution in [3.05, 3.63) is 0 Å². The van der Waals surface area contributed by atoms with Gasteiger partial charge < -0.3 is 115 Å². The number of carbonyl (C=O) groups excluding carboxylic acids is 14. The minimum atomic E-state index is -1.87. The van der Waals surface area contributed by atoms with Crippen molar-refractivity contribution in [1.29, 1.82) is 0 Å². The van der Waals surface area contributed by atoms with Gasteiger partial charge in [-0.2, -0.15) is 0 Å². The van der Waals surface area contributed by atoms with Gasteiger partial charge in [0.15, 0.2) is 5.78 Å². The lowest BCUT2D eigenvalue weighted by Crippen LogP contribution is -2.61. The normalized spacial score (nSPS) is 13.0. The van der Waals surface area contributed by atoms with Gasteiger partial charge in [-0.1, -0.05) is 110 Å². The quantitative estimate of drug-likeness (QED) is 0.0267. The Hall–Kier alpha value is -8.07. The molecule has 0 aliphatic heterocycles. The minimum Gasteiger partial charge on any atom is -0.481 e. The van der Waals surface area contributed by atoms with Gasteiger partial charge in [0.25, 0.3) is 0 Å². The highest BCUT2D eigenvalue weighted by Gasteiger charge is 2.34. The maximum atomic E-state index is 13.9. The van der Waals surface area contributed by atoms with Crippen LogP contribution in [0, 0.1) is 0 Å². The zero-order chi connectivity index (χ0) is 79.1. The number of rotatable bonds is 70. The number of ether oxygens (including phenoxy) is 4. The molecule has 0 saturated heterocycles. The molecule has 608 valence electrons. The summed E-state index contributed by atoms with van der Waals surface area (Å²) in [6.07, 6.45) is 19.1. The van der Waals surface area contributed by atoms with Crippen LogP contribution in [0.4, 0.5) is 0 Å². The molecule has 0 saturated carbocycles. The number of ketones is 1. The number of nitrogens with one attached hydrogen (secondary N) is 11. The van der Waals surface area contributed by atoms with E-state index in [9.17, 15) is 87.2 Å². The molecule has 0 heterocycles. The zero-order valence-electron chi connectivity index (χ0n) is 62.1. The molecule has 0 aromatic heterocycles. The first kappa shape index (κ1) is 97.9. The number of Topliss-reactive ketones (excluding diaryl/α,β-unsaturated/α-hetero) is 1. The van der Waals surface area contributed by atoms with Crippen LogP contribution in [0.15, 0.2) is 0 Å². The van der Waals surface area contributed by atoms with Gasteiger partial charge >= 0.3 is 5.97 Å². The Bertz CT molecular complexity index is 2610. The van der Waals surface area contributed by atoms with Crippen LogP contribution in [0.5, 0.6) is 0 Å². The molecule has 37 nitrogen and oxygen atoms in total. The molecule has 37 heteroatoms. The molecule has 0 unspecified atom stereocenters. The highest BCUT2D eigenvalue weighted by atomic mass is 16.5. The third kappa shape index (κ3) is 53.7. The second-order valence-corrected chi connectivity index (χ2v) is 25.5. The summed E-state index contributed by atoms with van der Waals surface area (Å²) >= 11 is 0. The minimum absolute atomic E-state index is 0.0145. The van der Waals surface area contributed by atoms with Gasteiger partial charge in [-0.05, 0) is 64.8 Å². The van der Waals surface area contributed by atoms with Crippen LogP contribution in [0.25, 0.3) is 0 Å². The summed E-state index contributed by atoms with van der Waals surface area (Å²) in [6, 6.07) is -10.9. The van der Waals surface area contributed by atoms with Gasteiger partial charge in [-0.25, -0.2) is 0 Å². The van der Waals surface area contributed by atoms with Gasteiger partial charge in [-0.3, -0.25) is 71.9 Å². The van der Waals surface area contributed by atoms with Crippen LogP contribution in [-0.4, -0.2) is 257 Å². The van der Waals surface area contributed by atoms with Gasteiger partial charge in [0.1, 0.15) is 49.5 Å². The number of unbranched alkanes of at least 4 members (excludes halogenated alkanes) is 17. The fraction of sp³-hybridized carbons (Fsp3) is 0.783. The predicted octanol–water partition coefficient (Wildman–Crippen LogP) is -3.18. The number of carboxylic acids is 1. The fourth-order valence-corrected chi connectivity index (χ4v) is 10.2. The Morgan fingerprint density at radius 2 is 0.698 bits per heavy atom. The molecule has 106 heavy (non-hydrogen) atoms. The molecule has 0 aromatic carbocycles. The van der Waals surface area contributed by atoms with Crippen molar-refractivity contribution >= 4 is 88.5 Å². The lowest BCUT2D eigenvalue weighted by atomic mass is 10.0. The van der Waals surface area contributed by atoms with E-state index in [0.29, 0.717) is 38.8 Å². The van der Waals surface area contributed by atoms with Crippen LogP contribution in [-0.2, 0) is 90.9 Å².